The summed E-state index contributed by atoms with van der Waals surface area (Å²) < 4.78 is 0. The van der Waals surface area contributed by atoms with Crippen LogP contribution in [0, 0.1) is 34.6 Å². The molecular formula is C36H40N2O. The van der Waals surface area contributed by atoms with Gasteiger partial charge in [0.05, 0.1) is 0 Å². The molecule has 0 amide bonds. The van der Waals surface area contributed by atoms with Crippen molar-refractivity contribution < 1.29 is 5.11 Å². The Morgan fingerprint density at radius 3 is 1.72 bits per heavy atom. The lowest BCUT2D eigenvalue weighted by atomic mass is 10.0. The lowest BCUT2D eigenvalue weighted by Gasteiger charge is -2.32. The van der Waals surface area contributed by atoms with E-state index < -0.39 is 0 Å². The predicted molar refractivity (Wildman–Crippen MR) is 168 cm³/mol. The van der Waals surface area contributed by atoms with Gasteiger partial charge < -0.3 is 14.9 Å². The molecule has 0 aliphatic carbocycles. The Balaban J connectivity index is 1.94. The molecule has 0 radical (unpaired) electrons. The van der Waals surface area contributed by atoms with Crippen molar-refractivity contribution in [1.82, 2.24) is 0 Å². The van der Waals surface area contributed by atoms with Crippen molar-refractivity contribution in [3.63, 3.8) is 0 Å². The largest absolute Gasteiger partial charge is 0.508 e. The van der Waals surface area contributed by atoms with E-state index in [-0.39, 0.29) is 0 Å². The number of benzene rings is 4. The third-order valence-corrected chi connectivity index (χ3v) is 6.95. The van der Waals surface area contributed by atoms with E-state index in [1.54, 1.807) is 6.07 Å². The van der Waals surface area contributed by atoms with E-state index in [2.05, 4.69) is 131 Å². The number of nitrogens with zero attached hydrogens (tertiary/aromatic N) is 2. The minimum Gasteiger partial charge on any atom is -0.508 e. The van der Waals surface area contributed by atoms with E-state index >= 15 is 0 Å². The van der Waals surface area contributed by atoms with Crippen LogP contribution < -0.4 is 9.80 Å². The van der Waals surface area contributed by atoms with Gasteiger partial charge in [-0.05, 0) is 144 Å². The van der Waals surface area contributed by atoms with Crippen LogP contribution in [0.3, 0.4) is 0 Å². The number of allylic oxidation sites excluding steroid dienone is 3. The zero-order valence-electron chi connectivity index (χ0n) is 24.5. The van der Waals surface area contributed by atoms with Gasteiger partial charge in [0.15, 0.2) is 0 Å². The second kappa shape index (κ2) is 11.7. The molecule has 1 N–H and O–H groups in total. The molecular weight excluding hydrogens is 476 g/mol. The first-order valence-electron chi connectivity index (χ1n) is 13.5. The third-order valence-electron chi connectivity index (χ3n) is 6.95. The number of aryl methyl sites for hydroxylation is 5. The molecule has 0 aliphatic rings. The smallest absolute Gasteiger partial charge is 0.118 e. The van der Waals surface area contributed by atoms with E-state index in [0.29, 0.717) is 5.75 Å². The summed E-state index contributed by atoms with van der Waals surface area (Å²) in [5.41, 5.74) is 13.5. The van der Waals surface area contributed by atoms with Gasteiger partial charge in [-0.3, -0.25) is 0 Å². The number of hydrogen-bond donors (Lipinski definition) is 1. The highest BCUT2D eigenvalue weighted by atomic mass is 16.3. The van der Waals surface area contributed by atoms with Crippen molar-refractivity contribution in [3.05, 3.63) is 130 Å². The lowest BCUT2D eigenvalue weighted by Crippen LogP contribution is -2.18. The van der Waals surface area contributed by atoms with Gasteiger partial charge in [0.1, 0.15) is 5.75 Å². The highest BCUT2D eigenvalue weighted by Crippen LogP contribution is 2.42. The summed E-state index contributed by atoms with van der Waals surface area (Å²) in [5.74, 6) is 0.304. The van der Waals surface area contributed by atoms with Gasteiger partial charge in [0.2, 0.25) is 0 Å². The van der Waals surface area contributed by atoms with Crippen LogP contribution in [-0.4, -0.2) is 5.11 Å². The fourth-order valence-corrected chi connectivity index (χ4v) is 5.01. The molecule has 200 valence electrons. The molecule has 0 bridgehead atoms. The van der Waals surface area contributed by atoms with Crippen molar-refractivity contribution in [1.29, 1.82) is 0 Å². The van der Waals surface area contributed by atoms with Crippen molar-refractivity contribution in [2.24, 2.45) is 0 Å². The topological polar surface area (TPSA) is 26.7 Å². The molecule has 0 spiro atoms. The fourth-order valence-electron chi connectivity index (χ4n) is 5.01. The van der Waals surface area contributed by atoms with Crippen LogP contribution in [0.25, 0.3) is 0 Å². The second-order valence-corrected chi connectivity index (χ2v) is 10.7. The maximum Gasteiger partial charge on any atom is 0.118 e. The van der Waals surface area contributed by atoms with Crippen LogP contribution in [0.2, 0.25) is 0 Å². The average Bonchev–Trinajstić information content (AvgIpc) is 2.88. The lowest BCUT2D eigenvalue weighted by molar-refractivity contribution is 0.471. The van der Waals surface area contributed by atoms with Gasteiger partial charge >= 0.3 is 0 Å². The van der Waals surface area contributed by atoms with E-state index in [1.165, 1.54) is 22.3 Å². The second-order valence-electron chi connectivity index (χ2n) is 10.7. The summed E-state index contributed by atoms with van der Waals surface area (Å²) in [7, 11) is 0. The normalized spacial score (nSPS) is 11.3. The summed E-state index contributed by atoms with van der Waals surface area (Å²) in [6.07, 6.45) is 4.35. The number of phenolic OH excluding ortho intramolecular Hbond substituents is 1. The average molecular weight is 517 g/mol. The summed E-state index contributed by atoms with van der Waals surface area (Å²) in [5, 5.41) is 10.2. The number of rotatable bonds is 7. The maximum absolute atomic E-state index is 10.2. The van der Waals surface area contributed by atoms with Crippen molar-refractivity contribution in [2.45, 2.75) is 55.4 Å². The van der Waals surface area contributed by atoms with E-state index in [1.807, 2.05) is 19.1 Å². The predicted octanol–water partition coefficient (Wildman–Crippen LogP) is 10.4. The van der Waals surface area contributed by atoms with Crippen LogP contribution in [0.5, 0.6) is 5.75 Å². The molecule has 39 heavy (non-hydrogen) atoms. The first-order valence-corrected chi connectivity index (χ1v) is 13.5. The summed E-state index contributed by atoms with van der Waals surface area (Å²) in [6, 6.07) is 27.7. The standard InChI is InChI=1S/C36H40N2O/c1-9-30(18-24(2)3)37(33-16-17-36(39)29(8)21-33)34-22-28(7)35(23-27(34)6)38(31-14-10-12-25(4)19-31)32-15-11-13-26(5)20-32/h9-23,39H,1-8H3/b30-9+. The zero-order chi connectivity index (χ0) is 28.3. The van der Waals surface area contributed by atoms with Crippen molar-refractivity contribution in [3.8, 4) is 5.75 Å². The van der Waals surface area contributed by atoms with E-state index in [9.17, 15) is 5.11 Å². The van der Waals surface area contributed by atoms with Gasteiger partial charge in [-0.1, -0.05) is 35.9 Å². The summed E-state index contributed by atoms with van der Waals surface area (Å²) in [4.78, 5) is 4.64. The Bertz CT molecular complexity index is 1510. The zero-order valence-corrected chi connectivity index (χ0v) is 24.5. The Morgan fingerprint density at radius 1 is 0.641 bits per heavy atom. The maximum atomic E-state index is 10.2. The highest BCUT2D eigenvalue weighted by Gasteiger charge is 2.21. The highest BCUT2D eigenvalue weighted by molar-refractivity contribution is 5.83. The van der Waals surface area contributed by atoms with Crippen LogP contribution >= 0.6 is 0 Å². The molecule has 4 rings (SSSR count). The number of hydrogen-bond acceptors (Lipinski definition) is 3. The molecule has 0 heterocycles. The van der Waals surface area contributed by atoms with Crippen LogP contribution in [0.4, 0.5) is 28.4 Å². The molecule has 0 atom stereocenters. The van der Waals surface area contributed by atoms with E-state index in [4.69, 9.17) is 0 Å². The molecule has 3 heteroatoms. The van der Waals surface area contributed by atoms with Gasteiger partial charge in [0, 0.05) is 34.1 Å². The summed E-state index contributed by atoms with van der Waals surface area (Å²) >= 11 is 0. The Hall–Kier alpha value is -4.24. The quantitative estimate of drug-likeness (QED) is 0.247. The molecule has 0 fully saturated rings. The third kappa shape index (κ3) is 6.09. The van der Waals surface area contributed by atoms with Gasteiger partial charge in [-0.15, -0.1) is 0 Å². The molecule has 4 aromatic rings. The van der Waals surface area contributed by atoms with Gasteiger partial charge in [-0.25, -0.2) is 0 Å². The molecule has 0 aromatic heterocycles. The molecule has 0 saturated heterocycles. The van der Waals surface area contributed by atoms with Crippen LogP contribution in [0.1, 0.15) is 48.6 Å². The van der Waals surface area contributed by atoms with Gasteiger partial charge in [-0.2, -0.15) is 0 Å². The van der Waals surface area contributed by atoms with Crippen LogP contribution in [0.15, 0.2) is 102 Å². The Kier molecular flexibility index (Phi) is 8.30. The molecule has 4 aromatic carbocycles. The first kappa shape index (κ1) is 27.8. The minimum atomic E-state index is 0.304. The monoisotopic (exact) mass is 516 g/mol. The Morgan fingerprint density at radius 2 is 1.21 bits per heavy atom. The number of anilines is 5. The molecule has 0 unspecified atom stereocenters. The summed E-state index contributed by atoms with van der Waals surface area (Å²) in [6.45, 7) is 16.9. The Labute approximate surface area is 234 Å². The fraction of sp³-hybridized carbons (Fsp3) is 0.222. The van der Waals surface area contributed by atoms with Crippen LogP contribution in [-0.2, 0) is 0 Å². The molecule has 0 aliphatic heterocycles. The van der Waals surface area contributed by atoms with E-state index in [0.717, 1.165) is 45.3 Å². The molecule has 0 saturated carbocycles. The van der Waals surface area contributed by atoms with Gasteiger partial charge in [0.25, 0.3) is 0 Å². The van der Waals surface area contributed by atoms with Crippen molar-refractivity contribution in [2.75, 3.05) is 9.80 Å². The number of phenols is 1. The minimum absolute atomic E-state index is 0.304. The SMILES string of the molecule is C/C=C(\C=C(C)C)N(c1ccc(O)c(C)c1)c1cc(C)c(N(c2cccc(C)c2)c2cccc(C)c2)cc1C. The number of aromatic hydroxyl groups is 1. The molecule has 3 nitrogen and oxygen atoms in total. The first-order chi connectivity index (χ1) is 18.6. The van der Waals surface area contributed by atoms with Crippen molar-refractivity contribution >= 4 is 28.4 Å².